The highest BCUT2D eigenvalue weighted by Gasteiger charge is 2.36. The van der Waals surface area contributed by atoms with Crippen molar-refractivity contribution in [3.8, 4) is 0 Å². The van der Waals surface area contributed by atoms with Crippen LogP contribution in [0.2, 0.25) is 0 Å². The molecule has 0 bridgehead atoms. The highest BCUT2D eigenvalue weighted by atomic mass is 127. The highest BCUT2D eigenvalue weighted by Crippen LogP contribution is 2.35. The summed E-state index contributed by atoms with van der Waals surface area (Å²) in [5, 5.41) is 3.08. The molecule has 0 aliphatic carbocycles. The fourth-order valence-electron chi connectivity index (χ4n) is 1.71. The molecule has 0 aromatic heterocycles. The molecule has 13 heavy (non-hydrogen) atoms. The topological polar surface area (TPSA) is 29.1 Å². The molecule has 0 saturated carbocycles. The number of amides is 1. The second-order valence-electron chi connectivity index (χ2n) is 4.22. The summed E-state index contributed by atoms with van der Waals surface area (Å²) >= 11 is 5.86. The summed E-state index contributed by atoms with van der Waals surface area (Å²) in [4.78, 5) is 11.4. The second kappa shape index (κ2) is 4.47. The van der Waals surface area contributed by atoms with Crippen LogP contribution < -0.4 is 5.32 Å². The minimum Gasteiger partial charge on any atom is -0.351 e. The molecular formula is C9H15BrINO. The molecule has 76 valence electrons. The van der Waals surface area contributed by atoms with Crippen molar-refractivity contribution in [2.45, 2.75) is 42.0 Å². The lowest BCUT2D eigenvalue weighted by atomic mass is 9.82. The van der Waals surface area contributed by atoms with E-state index in [0.29, 0.717) is 9.25 Å². The van der Waals surface area contributed by atoms with Crippen LogP contribution in [0.3, 0.4) is 0 Å². The van der Waals surface area contributed by atoms with E-state index in [1.165, 1.54) is 0 Å². The van der Waals surface area contributed by atoms with Gasteiger partial charge in [0.2, 0.25) is 5.91 Å². The van der Waals surface area contributed by atoms with E-state index in [-0.39, 0.29) is 17.4 Å². The van der Waals surface area contributed by atoms with E-state index in [1.807, 2.05) is 0 Å². The number of nitrogens with one attached hydrogen (secondary N) is 1. The zero-order valence-electron chi connectivity index (χ0n) is 7.94. The predicted octanol–water partition coefficient (Wildman–Crippen LogP) is 2.84. The van der Waals surface area contributed by atoms with Gasteiger partial charge in [-0.05, 0) is 18.3 Å². The van der Waals surface area contributed by atoms with E-state index in [4.69, 9.17) is 0 Å². The van der Waals surface area contributed by atoms with Crippen LogP contribution in [-0.4, -0.2) is 14.8 Å². The number of carbonyl (C=O) groups excluding carboxylic acids is 1. The van der Waals surface area contributed by atoms with Crippen molar-refractivity contribution in [3.05, 3.63) is 0 Å². The fourth-order valence-corrected chi connectivity index (χ4v) is 3.71. The molecule has 0 radical (unpaired) electrons. The van der Waals surface area contributed by atoms with E-state index < -0.39 is 0 Å². The Hall–Kier alpha value is 0.680. The van der Waals surface area contributed by atoms with Crippen LogP contribution in [0.1, 0.15) is 33.1 Å². The molecule has 1 rings (SSSR count). The summed E-state index contributed by atoms with van der Waals surface area (Å²) in [7, 11) is 0. The first-order valence-corrected chi connectivity index (χ1v) is 6.67. The third kappa shape index (κ3) is 3.08. The predicted molar refractivity (Wildman–Crippen MR) is 66.3 cm³/mol. The first kappa shape index (κ1) is 11.8. The van der Waals surface area contributed by atoms with Crippen molar-refractivity contribution < 1.29 is 4.79 Å². The van der Waals surface area contributed by atoms with Gasteiger partial charge in [0, 0.05) is 6.42 Å². The molecule has 0 aromatic carbocycles. The molecule has 1 N–H and O–H groups in total. The number of rotatable bonds is 1. The maximum atomic E-state index is 11.4. The summed E-state index contributed by atoms with van der Waals surface area (Å²) in [6, 6.07) is 0.239. The van der Waals surface area contributed by atoms with Gasteiger partial charge in [-0.15, -0.1) is 0 Å². The lowest BCUT2D eigenvalue weighted by Gasteiger charge is -2.34. The van der Waals surface area contributed by atoms with Gasteiger partial charge in [0.15, 0.2) is 0 Å². The van der Waals surface area contributed by atoms with E-state index in [9.17, 15) is 4.79 Å². The summed E-state index contributed by atoms with van der Waals surface area (Å²) in [5.74, 6) is 0.191. The molecule has 1 aliphatic heterocycles. The van der Waals surface area contributed by atoms with Gasteiger partial charge in [-0.25, -0.2) is 0 Å². The molecule has 2 unspecified atom stereocenters. The zero-order chi connectivity index (χ0) is 10.1. The third-order valence-corrected chi connectivity index (χ3v) is 3.88. The van der Waals surface area contributed by atoms with E-state index in [1.54, 1.807) is 0 Å². The normalized spacial score (nSPS) is 30.5. The molecule has 2 atom stereocenters. The van der Waals surface area contributed by atoms with Gasteiger partial charge in [0.25, 0.3) is 0 Å². The Kier molecular flexibility index (Phi) is 4.04. The number of carbonyl (C=O) groups is 1. The molecule has 0 aromatic rings. The summed E-state index contributed by atoms with van der Waals surface area (Å²) < 4.78 is 0.308. The highest BCUT2D eigenvalue weighted by molar-refractivity contribution is 14.1. The maximum absolute atomic E-state index is 11.4. The average Bonchev–Trinajstić information content (AvgIpc) is 2.10. The van der Waals surface area contributed by atoms with Crippen molar-refractivity contribution in [2.75, 3.05) is 0 Å². The number of hydrogen-bond donors (Lipinski definition) is 1. The SMILES string of the molecule is CC1(C)CCCC(=O)NC1C(Br)I. The fraction of sp³-hybridized carbons (Fsp3) is 0.889. The lowest BCUT2D eigenvalue weighted by Crippen LogP contribution is -2.46. The monoisotopic (exact) mass is 359 g/mol. The molecular weight excluding hydrogens is 345 g/mol. The molecule has 4 heteroatoms. The minimum absolute atomic E-state index is 0.191. The Balaban J connectivity index is 2.78. The molecule has 0 spiro atoms. The maximum Gasteiger partial charge on any atom is 0.220 e. The van der Waals surface area contributed by atoms with Crippen molar-refractivity contribution in [2.24, 2.45) is 5.41 Å². The first-order chi connectivity index (χ1) is 5.93. The number of hydrogen-bond acceptors (Lipinski definition) is 1. The third-order valence-electron chi connectivity index (χ3n) is 2.64. The van der Waals surface area contributed by atoms with Crippen LogP contribution in [0.25, 0.3) is 0 Å². The van der Waals surface area contributed by atoms with Crippen LogP contribution in [0.5, 0.6) is 0 Å². The summed E-state index contributed by atoms with van der Waals surface area (Å²) in [6.07, 6.45) is 2.80. The van der Waals surface area contributed by atoms with Gasteiger partial charge in [0.05, 0.1) is 8.88 Å². The largest absolute Gasteiger partial charge is 0.351 e. The van der Waals surface area contributed by atoms with Gasteiger partial charge in [0.1, 0.15) is 0 Å². The van der Waals surface area contributed by atoms with Gasteiger partial charge in [-0.1, -0.05) is 52.4 Å². The molecule has 1 saturated heterocycles. The van der Waals surface area contributed by atoms with Crippen LogP contribution in [0.4, 0.5) is 0 Å². The van der Waals surface area contributed by atoms with Gasteiger partial charge in [-0.2, -0.15) is 0 Å². The quantitative estimate of drug-likeness (QED) is 0.566. The van der Waals surface area contributed by atoms with E-state index in [2.05, 4.69) is 57.7 Å². The zero-order valence-corrected chi connectivity index (χ0v) is 11.7. The van der Waals surface area contributed by atoms with Gasteiger partial charge in [-0.3, -0.25) is 4.79 Å². The number of halogens is 2. The number of alkyl halides is 2. The Bertz CT molecular complexity index is 206. The standard InChI is InChI=1S/C9H15BrINO/c1-9(2)5-3-4-6(13)12-7(9)8(10)11/h7-8H,3-5H2,1-2H3,(H,12,13). The Morgan fingerprint density at radius 2 is 2.31 bits per heavy atom. The van der Waals surface area contributed by atoms with E-state index >= 15 is 0 Å². The molecule has 1 amide bonds. The Morgan fingerprint density at radius 1 is 1.69 bits per heavy atom. The average molecular weight is 360 g/mol. The smallest absolute Gasteiger partial charge is 0.220 e. The summed E-state index contributed by atoms with van der Waals surface area (Å²) in [6.45, 7) is 4.44. The Morgan fingerprint density at radius 3 is 2.85 bits per heavy atom. The lowest BCUT2D eigenvalue weighted by molar-refractivity contribution is -0.121. The van der Waals surface area contributed by atoms with Gasteiger partial charge >= 0.3 is 0 Å². The molecule has 1 fully saturated rings. The Labute approximate surface area is 101 Å². The first-order valence-electron chi connectivity index (χ1n) is 4.51. The van der Waals surface area contributed by atoms with Crippen LogP contribution in [-0.2, 0) is 4.79 Å². The molecule has 1 aliphatic rings. The van der Waals surface area contributed by atoms with Crippen molar-refractivity contribution >= 4 is 44.4 Å². The van der Waals surface area contributed by atoms with Crippen molar-refractivity contribution in [1.29, 1.82) is 0 Å². The van der Waals surface area contributed by atoms with Gasteiger partial charge < -0.3 is 5.32 Å². The van der Waals surface area contributed by atoms with Crippen molar-refractivity contribution in [1.82, 2.24) is 5.32 Å². The molecule has 1 heterocycles. The minimum atomic E-state index is 0.191. The van der Waals surface area contributed by atoms with Crippen molar-refractivity contribution in [3.63, 3.8) is 0 Å². The summed E-state index contributed by atoms with van der Waals surface area (Å²) in [5.41, 5.74) is 0.196. The second-order valence-corrected chi connectivity index (χ2v) is 8.26. The van der Waals surface area contributed by atoms with Crippen LogP contribution in [0.15, 0.2) is 0 Å². The van der Waals surface area contributed by atoms with Crippen LogP contribution >= 0.6 is 38.5 Å². The van der Waals surface area contributed by atoms with E-state index in [0.717, 1.165) is 12.8 Å². The molecule has 2 nitrogen and oxygen atoms in total. The van der Waals surface area contributed by atoms with Crippen LogP contribution in [0, 0.1) is 5.41 Å².